The molecule has 1 rings (SSSR count). The molecular weight excluding hydrogens is 256 g/mol. The molecule has 0 bridgehead atoms. The number of hydrogen-bond donors (Lipinski definition) is 3. The predicted octanol–water partition coefficient (Wildman–Crippen LogP) is 0.136. The lowest BCUT2D eigenvalue weighted by atomic mass is 10.3. The Morgan fingerprint density at radius 3 is 2.89 bits per heavy atom. The maximum absolute atomic E-state index is 11.3. The highest BCUT2D eigenvalue weighted by Crippen LogP contribution is 2.14. The van der Waals surface area contributed by atoms with E-state index in [2.05, 4.69) is 15.5 Å². The number of carboxylic acids is 1. The van der Waals surface area contributed by atoms with Gasteiger partial charge in [0, 0.05) is 12.3 Å². The number of thioether (sulfide) groups is 1. The van der Waals surface area contributed by atoms with Gasteiger partial charge in [-0.05, 0) is 19.9 Å². The summed E-state index contributed by atoms with van der Waals surface area (Å²) >= 11 is 1.26. The third kappa shape index (κ3) is 3.88. The van der Waals surface area contributed by atoms with Crippen LogP contribution in [-0.4, -0.2) is 44.2 Å². The Morgan fingerprint density at radius 1 is 1.61 bits per heavy atom. The highest BCUT2D eigenvalue weighted by Gasteiger charge is 2.18. The first kappa shape index (κ1) is 14.8. The Bertz CT molecular complexity index is 443. The van der Waals surface area contributed by atoms with Gasteiger partial charge >= 0.3 is 11.7 Å². The summed E-state index contributed by atoms with van der Waals surface area (Å²) in [5, 5.41) is 18.7. The first-order valence-corrected chi connectivity index (χ1v) is 6.82. The van der Waals surface area contributed by atoms with E-state index in [1.807, 2.05) is 13.8 Å². The minimum atomic E-state index is -0.892. The SMILES string of the molecule is CCCNC(CSc1n[nH]c(=O)n1CC)C(=O)O. The maximum Gasteiger partial charge on any atom is 0.343 e. The van der Waals surface area contributed by atoms with Crippen LogP contribution < -0.4 is 11.0 Å². The Morgan fingerprint density at radius 2 is 2.33 bits per heavy atom. The van der Waals surface area contributed by atoms with Crippen LogP contribution in [0.2, 0.25) is 0 Å². The van der Waals surface area contributed by atoms with Crippen LogP contribution in [0.5, 0.6) is 0 Å². The van der Waals surface area contributed by atoms with Crippen molar-refractivity contribution in [2.75, 3.05) is 12.3 Å². The normalized spacial score (nSPS) is 12.6. The lowest BCUT2D eigenvalue weighted by Gasteiger charge is -2.12. The van der Waals surface area contributed by atoms with Crippen molar-refractivity contribution < 1.29 is 9.90 Å². The zero-order chi connectivity index (χ0) is 13.5. The van der Waals surface area contributed by atoms with Crippen LogP contribution in [0.4, 0.5) is 0 Å². The quantitative estimate of drug-likeness (QED) is 0.583. The van der Waals surface area contributed by atoms with Gasteiger partial charge in [-0.25, -0.2) is 9.89 Å². The lowest BCUT2D eigenvalue weighted by molar-refractivity contribution is -0.138. The average Bonchev–Trinajstić information content (AvgIpc) is 2.69. The topological polar surface area (TPSA) is 100 Å². The fourth-order valence-corrected chi connectivity index (χ4v) is 2.44. The van der Waals surface area contributed by atoms with Gasteiger partial charge in [-0.1, -0.05) is 18.7 Å². The number of nitrogens with one attached hydrogen (secondary N) is 2. The summed E-state index contributed by atoms with van der Waals surface area (Å²) in [7, 11) is 0. The number of carbonyl (C=O) groups is 1. The molecule has 0 saturated heterocycles. The third-order valence-corrected chi connectivity index (χ3v) is 3.43. The van der Waals surface area contributed by atoms with Crippen molar-refractivity contribution in [1.82, 2.24) is 20.1 Å². The summed E-state index contributed by atoms with van der Waals surface area (Å²) in [6.07, 6.45) is 0.872. The second-order valence-electron chi connectivity index (χ2n) is 3.71. The number of rotatable bonds is 8. The average molecular weight is 274 g/mol. The van der Waals surface area contributed by atoms with Gasteiger partial charge in [0.2, 0.25) is 0 Å². The minimum Gasteiger partial charge on any atom is -0.480 e. The van der Waals surface area contributed by atoms with Crippen LogP contribution in [0.3, 0.4) is 0 Å². The molecule has 8 heteroatoms. The molecule has 1 atom stereocenters. The predicted molar refractivity (Wildman–Crippen MR) is 69.0 cm³/mol. The Hall–Kier alpha value is -1.28. The monoisotopic (exact) mass is 274 g/mol. The van der Waals surface area contributed by atoms with Crippen LogP contribution in [0, 0.1) is 0 Å². The molecule has 0 spiro atoms. The van der Waals surface area contributed by atoms with E-state index in [9.17, 15) is 9.59 Å². The molecule has 102 valence electrons. The molecule has 0 saturated carbocycles. The summed E-state index contributed by atoms with van der Waals surface area (Å²) < 4.78 is 1.48. The van der Waals surface area contributed by atoms with Gasteiger partial charge in [0.25, 0.3) is 0 Å². The van der Waals surface area contributed by atoms with Gasteiger partial charge in [-0.2, -0.15) is 0 Å². The third-order valence-electron chi connectivity index (χ3n) is 2.36. The molecule has 0 amide bonds. The number of hydrogen-bond acceptors (Lipinski definition) is 5. The van der Waals surface area contributed by atoms with Crippen molar-refractivity contribution in [1.29, 1.82) is 0 Å². The highest BCUT2D eigenvalue weighted by atomic mass is 32.2. The smallest absolute Gasteiger partial charge is 0.343 e. The summed E-state index contributed by atoms with van der Waals surface area (Å²) in [5.41, 5.74) is -0.270. The highest BCUT2D eigenvalue weighted by molar-refractivity contribution is 7.99. The lowest BCUT2D eigenvalue weighted by Crippen LogP contribution is -2.39. The van der Waals surface area contributed by atoms with E-state index < -0.39 is 12.0 Å². The van der Waals surface area contributed by atoms with E-state index in [0.717, 1.165) is 6.42 Å². The van der Waals surface area contributed by atoms with E-state index >= 15 is 0 Å². The largest absolute Gasteiger partial charge is 0.480 e. The number of H-pyrrole nitrogens is 1. The Kier molecular flexibility index (Phi) is 5.93. The second-order valence-corrected chi connectivity index (χ2v) is 4.70. The van der Waals surface area contributed by atoms with Gasteiger partial charge in [-0.3, -0.25) is 9.36 Å². The molecule has 0 radical (unpaired) electrons. The summed E-state index contributed by atoms with van der Waals surface area (Å²) in [5.74, 6) is -0.559. The van der Waals surface area contributed by atoms with Crippen molar-refractivity contribution in [2.24, 2.45) is 0 Å². The fraction of sp³-hybridized carbons (Fsp3) is 0.700. The van der Waals surface area contributed by atoms with Crippen LogP contribution in [0.15, 0.2) is 9.95 Å². The van der Waals surface area contributed by atoms with Crippen LogP contribution in [0.1, 0.15) is 20.3 Å². The van der Waals surface area contributed by atoms with Crippen molar-refractivity contribution >= 4 is 17.7 Å². The first-order chi connectivity index (χ1) is 8.60. The molecule has 7 nitrogen and oxygen atoms in total. The number of nitrogens with zero attached hydrogens (tertiary/aromatic N) is 2. The van der Waals surface area contributed by atoms with Crippen molar-refractivity contribution in [3.63, 3.8) is 0 Å². The van der Waals surface area contributed by atoms with Crippen LogP contribution >= 0.6 is 11.8 Å². The van der Waals surface area contributed by atoms with E-state index in [1.54, 1.807) is 0 Å². The number of aliphatic carboxylic acids is 1. The maximum atomic E-state index is 11.3. The Labute approximate surface area is 109 Å². The molecule has 0 fully saturated rings. The van der Waals surface area contributed by atoms with E-state index in [4.69, 9.17) is 5.11 Å². The van der Waals surface area contributed by atoms with E-state index in [0.29, 0.717) is 24.0 Å². The van der Waals surface area contributed by atoms with Gasteiger partial charge in [-0.15, -0.1) is 5.10 Å². The van der Waals surface area contributed by atoms with E-state index in [1.165, 1.54) is 16.3 Å². The molecular formula is C10H18N4O3S. The number of carboxylic acid groups (broad SMARTS) is 1. The molecule has 1 unspecified atom stereocenters. The standard InChI is InChI=1S/C10H18N4O3S/c1-3-5-11-7(8(15)16)6-18-10-13-12-9(17)14(10)4-2/h7,11H,3-6H2,1-2H3,(H,12,17)(H,15,16). The zero-order valence-corrected chi connectivity index (χ0v) is 11.3. The molecule has 0 aliphatic heterocycles. The molecule has 0 aliphatic rings. The van der Waals surface area contributed by atoms with E-state index in [-0.39, 0.29) is 5.69 Å². The van der Waals surface area contributed by atoms with Gasteiger partial charge in [0.15, 0.2) is 5.16 Å². The molecule has 0 aliphatic carbocycles. The molecule has 1 heterocycles. The summed E-state index contributed by atoms with van der Waals surface area (Å²) in [6, 6.07) is -0.632. The molecule has 1 aromatic heterocycles. The second kappa shape index (κ2) is 7.22. The zero-order valence-electron chi connectivity index (χ0n) is 10.5. The first-order valence-electron chi connectivity index (χ1n) is 5.84. The summed E-state index contributed by atoms with van der Waals surface area (Å²) in [6.45, 7) is 4.98. The number of aromatic amines is 1. The van der Waals surface area contributed by atoms with Crippen LogP contribution in [-0.2, 0) is 11.3 Å². The minimum absolute atomic E-state index is 0.270. The van der Waals surface area contributed by atoms with Gasteiger partial charge < -0.3 is 10.4 Å². The summed E-state index contributed by atoms with van der Waals surface area (Å²) in [4.78, 5) is 22.3. The van der Waals surface area contributed by atoms with Crippen LogP contribution in [0.25, 0.3) is 0 Å². The molecule has 1 aromatic rings. The van der Waals surface area contributed by atoms with Gasteiger partial charge in [0.05, 0.1) is 0 Å². The Balaban J connectivity index is 2.61. The van der Waals surface area contributed by atoms with Crippen molar-refractivity contribution in [3.8, 4) is 0 Å². The fourth-order valence-electron chi connectivity index (χ4n) is 1.39. The van der Waals surface area contributed by atoms with Crippen molar-refractivity contribution in [2.45, 2.75) is 38.0 Å². The van der Waals surface area contributed by atoms with Gasteiger partial charge in [0.1, 0.15) is 6.04 Å². The molecule has 3 N–H and O–H groups in total. The van der Waals surface area contributed by atoms with Crippen molar-refractivity contribution in [3.05, 3.63) is 10.5 Å². The molecule has 0 aromatic carbocycles. The molecule has 18 heavy (non-hydrogen) atoms. The number of aromatic nitrogens is 3.